The predicted octanol–water partition coefficient (Wildman–Crippen LogP) is 3.31. The van der Waals surface area contributed by atoms with Gasteiger partial charge in [0.15, 0.2) is 0 Å². The number of benzene rings is 1. The Labute approximate surface area is 76.8 Å². The van der Waals surface area contributed by atoms with Gasteiger partial charge in [-0.05, 0) is 43.2 Å². The molecule has 59 valence electrons. The van der Waals surface area contributed by atoms with Gasteiger partial charge in [0.1, 0.15) is 0 Å². The Kier molecular flexibility index (Phi) is 3.34. The van der Waals surface area contributed by atoms with Crippen molar-refractivity contribution >= 4 is 23.5 Å². The van der Waals surface area contributed by atoms with Crippen LogP contribution in [0.2, 0.25) is 0 Å². The molecule has 0 nitrogen and oxygen atoms in total. The molecule has 0 saturated heterocycles. The third kappa shape index (κ3) is 2.17. The number of rotatable bonds is 2. The molecule has 1 aromatic rings. The molecule has 1 radical (unpaired) electrons. The topological polar surface area (TPSA) is 0 Å². The monoisotopic (exact) mass is 183 g/mol. The van der Waals surface area contributed by atoms with Gasteiger partial charge < -0.3 is 0 Å². The quantitative estimate of drug-likeness (QED) is 0.645. The van der Waals surface area contributed by atoms with Crippen LogP contribution in [0.5, 0.6) is 0 Å². The summed E-state index contributed by atoms with van der Waals surface area (Å²) in [6.07, 6.45) is 4.15. The summed E-state index contributed by atoms with van der Waals surface area (Å²) in [7, 11) is 0. The van der Waals surface area contributed by atoms with E-state index < -0.39 is 0 Å². The summed E-state index contributed by atoms with van der Waals surface area (Å²) in [5.74, 6) is 0. The number of hydrogen-bond acceptors (Lipinski definition) is 2. The molecule has 1 rings (SSSR count). The maximum absolute atomic E-state index is 3.97. The van der Waals surface area contributed by atoms with Crippen LogP contribution in [0.4, 0.5) is 0 Å². The normalized spacial score (nSPS) is 10.1. The van der Waals surface area contributed by atoms with Crippen molar-refractivity contribution in [1.82, 2.24) is 0 Å². The Morgan fingerprint density at radius 3 is 2.36 bits per heavy atom. The molecule has 0 atom stereocenters. The van der Waals surface area contributed by atoms with Crippen LogP contribution in [-0.4, -0.2) is 12.5 Å². The van der Waals surface area contributed by atoms with Gasteiger partial charge in [0.05, 0.1) is 0 Å². The highest BCUT2D eigenvalue weighted by Gasteiger charge is 1.96. The lowest BCUT2D eigenvalue weighted by molar-refractivity contribution is 1.31. The minimum atomic E-state index is 1.13. The van der Waals surface area contributed by atoms with E-state index in [1.54, 1.807) is 23.5 Å². The molecular weight excluding hydrogens is 172 g/mol. The van der Waals surface area contributed by atoms with Crippen LogP contribution in [0, 0.1) is 6.92 Å². The first-order valence-electron chi connectivity index (χ1n) is 3.32. The van der Waals surface area contributed by atoms with Crippen LogP contribution in [0.25, 0.3) is 0 Å². The Morgan fingerprint density at radius 2 is 1.91 bits per heavy atom. The molecule has 0 N–H and O–H groups in total. The van der Waals surface area contributed by atoms with Crippen molar-refractivity contribution in [3.8, 4) is 0 Å². The first-order chi connectivity index (χ1) is 5.27. The van der Waals surface area contributed by atoms with Crippen LogP contribution in [0.15, 0.2) is 28.0 Å². The fourth-order valence-corrected chi connectivity index (χ4v) is 1.87. The summed E-state index contributed by atoms with van der Waals surface area (Å²) in [5, 5.41) is 0. The zero-order valence-electron chi connectivity index (χ0n) is 6.76. The summed E-state index contributed by atoms with van der Waals surface area (Å²) in [4.78, 5) is 2.55. The Bertz CT molecular complexity index is 243. The molecule has 0 aliphatic carbocycles. The number of thioether (sulfide) groups is 2. The summed E-state index contributed by atoms with van der Waals surface area (Å²) < 4.78 is 0. The van der Waals surface area contributed by atoms with Gasteiger partial charge in [-0.3, -0.25) is 0 Å². The van der Waals surface area contributed by atoms with Gasteiger partial charge in [0, 0.05) is 9.79 Å². The second-order valence-electron chi connectivity index (χ2n) is 2.18. The van der Waals surface area contributed by atoms with Crippen LogP contribution in [0.3, 0.4) is 0 Å². The van der Waals surface area contributed by atoms with E-state index in [1.807, 2.05) is 0 Å². The van der Waals surface area contributed by atoms with Gasteiger partial charge in [0.2, 0.25) is 0 Å². The van der Waals surface area contributed by atoms with Gasteiger partial charge in [0.25, 0.3) is 0 Å². The van der Waals surface area contributed by atoms with Crippen molar-refractivity contribution in [3.05, 3.63) is 30.7 Å². The summed E-state index contributed by atoms with van der Waals surface area (Å²) in [6, 6.07) is 6.38. The first-order valence-corrected chi connectivity index (χ1v) is 5.77. The molecule has 0 amide bonds. The average molecular weight is 183 g/mol. The molecule has 0 aliphatic rings. The predicted molar refractivity (Wildman–Crippen MR) is 54.5 cm³/mol. The lowest BCUT2D eigenvalue weighted by Crippen LogP contribution is -1.78. The SMILES string of the molecule is [CH2]c1cc(SC)ccc1SC. The Morgan fingerprint density at radius 1 is 1.18 bits per heavy atom. The molecule has 0 aliphatic heterocycles. The molecular formula is C9H11S2. The van der Waals surface area contributed by atoms with E-state index >= 15 is 0 Å². The van der Waals surface area contributed by atoms with Crippen molar-refractivity contribution in [2.24, 2.45) is 0 Å². The van der Waals surface area contributed by atoms with Crippen LogP contribution in [-0.2, 0) is 0 Å². The molecule has 0 saturated carbocycles. The molecule has 2 heteroatoms. The van der Waals surface area contributed by atoms with E-state index in [0.717, 1.165) is 5.56 Å². The average Bonchev–Trinajstić information content (AvgIpc) is 2.04. The summed E-state index contributed by atoms with van der Waals surface area (Å²) in [6.45, 7) is 3.97. The highest BCUT2D eigenvalue weighted by atomic mass is 32.2. The molecule has 0 aromatic heterocycles. The van der Waals surface area contributed by atoms with Gasteiger partial charge in [-0.1, -0.05) is 0 Å². The highest BCUT2D eigenvalue weighted by Crippen LogP contribution is 2.24. The van der Waals surface area contributed by atoms with Crippen molar-refractivity contribution in [3.63, 3.8) is 0 Å². The molecule has 0 fully saturated rings. The lowest BCUT2D eigenvalue weighted by Gasteiger charge is -2.03. The smallest absolute Gasteiger partial charge is 0.0102 e. The van der Waals surface area contributed by atoms with E-state index in [4.69, 9.17) is 0 Å². The van der Waals surface area contributed by atoms with Crippen LogP contribution in [0.1, 0.15) is 5.56 Å². The van der Waals surface area contributed by atoms with Crippen molar-refractivity contribution < 1.29 is 0 Å². The maximum Gasteiger partial charge on any atom is 0.0102 e. The summed E-state index contributed by atoms with van der Waals surface area (Å²) >= 11 is 3.50. The van der Waals surface area contributed by atoms with E-state index in [2.05, 4.69) is 37.6 Å². The van der Waals surface area contributed by atoms with E-state index in [-0.39, 0.29) is 0 Å². The minimum absolute atomic E-state index is 1.13. The van der Waals surface area contributed by atoms with E-state index in [9.17, 15) is 0 Å². The lowest BCUT2D eigenvalue weighted by atomic mass is 10.2. The van der Waals surface area contributed by atoms with Gasteiger partial charge >= 0.3 is 0 Å². The molecule has 0 heterocycles. The van der Waals surface area contributed by atoms with Crippen LogP contribution >= 0.6 is 23.5 Å². The Hall–Kier alpha value is -0.0800. The maximum atomic E-state index is 3.97. The fraction of sp³-hybridized carbons (Fsp3) is 0.222. The highest BCUT2D eigenvalue weighted by molar-refractivity contribution is 7.99. The zero-order chi connectivity index (χ0) is 8.27. The zero-order valence-corrected chi connectivity index (χ0v) is 8.39. The second kappa shape index (κ2) is 4.07. The van der Waals surface area contributed by atoms with E-state index in [0.29, 0.717) is 0 Å². The number of hydrogen-bond donors (Lipinski definition) is 0. The van der Waals surface area contributed by atoms with E-state index in [1.165, 1.54) is 9.79 Å². The minimum Gasteiger partial charge on any atom is -0.130 e. The second-order valence-corrected chi connectivity index (χ2v) is 3.91. The third-order valence-corrected chi connectivity index (χ3v) is 3.05. The largest absolute Gasteiger partial charge is 0.130 e. The molecule has 0 bridgehead atoms. The standard InChI is InChI=1S/C9H11S2/c1-7-6-8(10-2)4-5-9(7)11-3/h4-6H,1H2,2-3H3. The van der Waals surface area contributed by atoms with Gasteiger partial charge in [-0.15, -0.1) is 23.5 Å². The van der Waals surface area contributed by atoms with Crippen LogP contribution < -0.4 is 0 Å². The van der Waals surface area contributed by atoms with Crippen molar-refractivity contribution in [2.45, 2.75) is 9.79 Å². The fourth-order valence-electron chi connectivity index (χ4n) is 0.882. The Balaban J connectivity index is 2.99. The molecule has 0 spiro atoms. The summed E-state index contributed by atoms with van der Waals surface area (Å²) in [5.41, 5.74) is 1.13. The van der Waals surface area contributed by atoms with Gasteiger partial charge in [-0.2, -0.15) is 0 Å². The third-order valence-electron chi connectivity index (χ3n) is 1.49. The molecule has 11 heavy (non-hydrogen) atoms. The molecule has 1 aromatic carbocycles. The first kappa shape index (κ1) is 9.01. The van der Waals surface area contributed by atoms with Crippen molar-refractivity contribution in [2.75, 3.05) is 12.5 Å². The van der Waals surface area contributed by atoms with Gasteiger partial charge in [-0.25, -0.2) is 0 Å². The van der Waals surface area contributed by atoms with Crippen molar-refractivity contribution in [1.29, 1.82) is 0 Å². The molecule has 0 unspecified atom stereocenters.